The van der Waals surface area contributed by atoms with Gasteiger partial charge in [-0.1, -0.05) is 55.8 Å². The van der Waals surface area contributed by atoms with E-state index in [0.29, 0.717) is 5.56 Å². The summed E-state index contributed by atoms with van der Waals surface area (Å²) in [6.45, 7) is 2.14. The van der Waals surface area contributed by atoms with E-state index in [1.165, 1.54) is 5.56 Å². The first kappa shape index (κ1) is 17.7. The lowest BCUT2D eigenvalue weighted by molar-refractivity contribution is -0.139. The van der Waals surface area contributed by atoms with Crippen LogP contribution in [0.2, 0.25) is 0 Å². The quantitative estimate of drug-likeness (QED) is 0.781. The number of carboxylic acids is 1. The van der Waals surface area contributed by atoms with E-state index in [0.717, 1.165) is 24.8 Å². The molecular weight excluding hydrogens is 302 g/mol. The van der Waals surface area contributed by atoms with Crippen LogP contribution in [0.4, 0.5) is 0 Å². The molecule has 2 N–H and O–H groups in total. The van der Waals surface area contributed by atoms with E-state index in [2.05, 4.69) is 12.2 Å². The molecule has 0 saturated heterocycles. The number of aryl methyl sites for hydroxylation is 1. The van der Waals surface area contributed by atoms with E-state index >= 15 is 0 Å². The molecule has 0 saturated carbocycles. The van der Waals surface area contributed by atoms with Gasteiger partial charge in [-0.25, -0.2) is 4.79 Å². The number of hydrogen-bond donors (Lipinski definition) is 2. The molecule has 0 bridgehead atoms. The number of carbonyl (C=O) groups is 2. The SMILES string of the molecule is CCCCc1ccc(C(=O)NC(Cc2ccccc2)C(=O)O)cc1. The Labute approximate surface area is 142 Å². The Morgan fingerprint density at radius 3 is 2.25 bits per heavy atom. The van der Waals surface area contributed by atoms with Crippen molar-refractivity contribution in [2.24, 2.45) is 0 Å². The number of carboxylic acid groups (broad SMARTS) is 1. The molecule has 0 fully saturated rings. The monoisotopic (exact) mass is 325 g/mol. The lowest BCUT2D eigenvalue weighted by Crippen LogP contribution is -2.42. The molecule has 0 heterocycles. The maximum absolute atomic E-state index is 12.3. The third kappa shape index (κ3) is 5.23. The van der Waals surface area contributed by atoms with Gasteiger partial charge in [-0.05, 0) is 36.1 Å². The molecule has 1 atom stereocenters. The molecule has 4 heteroatoms. The van der Waals surface area contributed by atoms with Crippen molar-refractivity contribution < 1.29 is 14.7 Å². The first-order chi connectivity index (χ1) is 11.6. The molecule has 0 radical (unpaired) electrons. The van der Waals surface area contributed by atoms with E-state index in [4.69, 9.17) is 0 Å². The third-order valence-electron chi connectivity index (χ3n) is 3.92. The van der Waals surface area contributed by atoms with Crippen LogP contribution in [-0.4, -0.2) is 23.0 Å². The second-order valence-corrected chi connectivity index (χ2v) is 5.85. The fourth-order valence-corrected chi connectivity index (χ4v) is 2.50. The van der Waals surface area contributed by atoms with E-state index in [9.17, 15) is 14.7 Å². The Balaban J connectivity index is 2.01. The summed E-state index contributed by atoms with van der Waals surface area (Å²) in [4.78, 5) is 23.7. The Hall–Kier alpha value is -2.62. The summed E-state index contributed by atoms with van der Waals surface area (Å²) >= 11 is 0. The number of unbranched alkanes of at least 4 members (excludes halogenated alkanes) is 1. The average Bonchev–Trinajstić information content (AvgIpc) is 2.60. The van der Waals surface area contributed by atoms with Crippen LogP contribution in [0.5, 0.6) is 0 Å². The van der Waals surface area contributed by atoms with Crippen LogP contribution in [0.3, 0.4) is 0 Å². The van der Waals surface area contributed by atoms with E-state index in [1.807, 2.05) is 42.5 Å². The minimum Gasteiger partial charge on any atom is -0.480 e. The summed E-state index contributed by atoms with van der Waals surface area (Å²) in [6.07, 6.45) is 3.49. The predicted molar refractivity (Wildman–Crippen MR) is 94.1 cm³/mol. The first-order valence-electron chi connectivity index (χ1n) is 8.26. The van der Waals surface area contributed by atoms with Crippen LogP contribution in [-0.2, 0) is 17.6 Å². The molecular formula is C20H23NO3. The number of amides is 1. The third-order valence-corrected chi connectivity index (χ3v) is 3.92. The summed E-state index contributed by atoms with van der Waals surface area (Å²) in [5.41, 5.74) is 2.54. The van der Waals surface area contributed by atoms with Gasteiger partial charge in [0.25, 0.3) is 5.91 Å². The van der Waals surface area contributed by atoms with Crippen LogP contribution in [0.1, 0.15) is 41.3 Å². The number of benzene rings is 2. The van der Waals surface area contributed by atoms with Gasteiger partial charge >= 0.3 is 5.97 Å². The summed E-state index contributed by atoms with van der Waals surface area (Å²) < 4.78 is 0. The highest BCUT2D eigenvalue weighted by atomic mass is 16.4. The molecule has 24 heavy (non-hydrogen) atoms. The molecule has 4 nitrogen and oxygen atoms in total. The highest BCUT2D eigenvalue weighted by molar-refractivity contribution is 5.96. The maximum Gasteiger partial charge on any atom is 0.326 e. The molecule has 0 aliphatic heterocycles. The summed E-state index contributed by atoms with van der Waals surface area (Å²) in [5.74, 6) is -1.40. The summed E-state index contributed by atoms with van der Waals surface area (Å²) in [6, 6.07) is 15.7. The molecule has 1 unspecified atom stereocenters. The predicted octanol–water partition coefficient (Wildman–Crippen LogP) is 3.45. The van der Waals surface area contributed by atoms with Crippen molar-refractivity contribution in [2.45, 2.75) is 38.6 Å². The fourth-order valence-electron chi connectivity index (χ4n) is 2.50. The zero-order valence-corrected chi connectivity index (χ0v) is 13.9. The van der Waals surface area contributed by atoms with Gasteiger partial charge in [-0.2, -0.15) is 0 Å². The Morgan fingerprint density at radius 1 is 1.00 bits per heavy atom. The zero-order valence-electron chi connectivity index (χ0n) is 13.9. The van der Waals surface area contributed by atoms with Crippen molar-refractivity contribution in [1.82, 2.24) is 5.32 Å². The molecule has 0 aromatic heterocycles. The van der Waals surface area contributed by atoms with Crippen molar-refractivity contribution in [2.75, 3.05) is 0 Å². The normalized spacial score (nSPS) is 11.7. The second-order valence-electron chi connectivity index (χ2n) is 5.85. The molecule has 1 amide bonds. The van der Waals surface area contributed by atoms with Crippen molar-refractivity contribution in [3.8, 4) is 0 Å². The molecule has 2 rings (SSSR count). The van der Waals surface area contributed by atoms with Gasteiger partial charge < -0.3 is 10.4 Å². The van der Waals surface area contributed by atoms with E-state index in [1.54, 1.807) is 12.1 Å². The minimum absolute atomic E-state index is 0.260. The Morgan fingerprint density at radius 2 is 1.67 bits per heavy atom. The second kappa shape index (κ2) is 8.87. The fraction of sp³-hybridized carbons (Fsp3) is 0.300. The van der Waals surface area contributed by atoms with Gasteiger partial charge in [0.2, 0.25) is 0 Å². The van der Waals surface area contributed by atoms with E-state index in [-0.39, 0.29) is 12.3 Å². The molecule has 2 aromatic rings. The summed E-state index contributed by atoms with van der Waals surface area (Å²) in [7, 11) is 0. The van der Waals surface area contributed by atoms with Crippen molar-refractivity contribution in [3.05, 3.63) is 71.3 Å². The van der Waals surface area contributed by atoms with Gasteiger partial charge in [0.05, 0.1) is 0 Å². The first-order valence-corrected chi connectivity index (χ1v) is 8.26. The minimum atomic E-state index is -1.04. The maximum atomic E-state index is 12.3. The smallest absolute Gasteiger partial charge is 0.326 e. The average molecular weight is 325 g/mol. The van der Waals surface area contributed by atoms with Crippen LogP contribution in [0.15, 0.2) is 54.6 Å². The molecule has 2 aromatic carbocycles. The van der Waals surface area contributed by atoms with Crippen LogP contribution < -0.4 is 5.32 Å². The molecule has 0 aliphatic carbocycles. The number of rotatable bonds is 8. The van der Waals surface area contributed by atoms with Crippen LogP contribution in [0, 0.1) is 0 Å². The van der Waals surface area contributed by atoms with Gasteiger partial charge in [0, 0.05) is 12.0 Å². The molecule has 126 valence electrons. The van der Waals surface area contributed by atoms with E-state index < -0.39 is 12.0 Å². The standard InChI is InChI=1S/C20H23NO3/c1-2-3-7-15-10-12-17(13-11-15)19(22)21-18(20(23)24)14-16-8-5-4-6-9-16/h4-6,8-13,18H,2-3,7,14H2,1H3,(H,21,22)(H,23,24). The van der Waals surface area contributed by atoms with Gasteiger partial charge in [0.15, 0.2) is 0 Å². The molecule has 0 aliphatic rings. The highest BCUT2D eigenvalue weighted by Gasteiger charge is 2.21. The molecule has 0 spiro atoms. The van der Waals surface area contributed by atoms with Crippen molar-refractivity contribution >= 4 is 11.9 Å². The highest BCUT2D eigenvalue weighted by Crippen LogP contribution is 2.09. The van der Waals surface area contributed by atoms with Gasteiger partial charge in [-0.15, -0.1) is 0 Å². The number of carbonyl (C=O) groups excluding carboxylic acids is 1. The van der Waals surface area contributed by atoms with Crippen molar-refractivity contribution in [3.63, 3.8) is 0 Å². The lowest BCUT2D eigenvalue weighted by atomic mass is 10.0. The number of aliphatic carboxylic acids is 1. The topological polar surface area (TPSA) is 66.4 Å². The Bertz CT molecular complexity index is 665. The van der Waals surface area contributed by atoms with Crippen molar-refractivity contribution in [1.29, 1.82) is 0 Å². The lowest BCUT2D eigenvalue weighted by Gasteiger charge is -2.15. The van der Waals surface area contributed by atoms with Gasteiger partial charge in [0.1, 0.15) is 6.04 Å². The van der Waals surface area contributed by atoms with Gasteiger partial charge in [-0.3, -0.25) is 4.79 Å². The Kier molecular flexibility index (Phi) is 6.55. The largest absolute Gasteiger partial charge is 0.480 e. The summed E-state index contributed by atoms with van der Waals surface area (Å²) in [5, 5.41) is 12.0. The zero-order chi connectivity index (χ0) is 17.4. The number of hydrogen-bond acceptors (Lipinski definition) is 2. The number of nitrogens with one attached hydrogen (secondary N) is 1. The van der Waals surface area contributed by atoms with Crippen LogP contribution in [0.25, 0.3) is 0 Å². The van der Waals surface area contributed by atoms with Crippen LogP contribution >= 0.6 is 0 Å².